The summed E-state index contributed by atoms with van der Waals surface area (Å²) in [6.45, 7) is 4.71. The fourth-order valence-electron chi connectivity index (χ4n) is 3.88. The Morgan fingerprint density at radius 3 is 2.41 bits per heavy atom. The van der Waals surface area contributed by atoms with Crippen LogP contribution in [0.2, 0.25) is 0 Å². The lowest BCUT2D eigenvalue weighted by atomic mass is 10.2. The highest BCUT2D eigenvalue weighted by Gasteiger charge is 2.23. The second kappa shape index (κ2) is 10.7. The van der Waals surface area contributed by atoms with Crippen LogP contribution in [0.15, 0.2) is 59.8 Å². The van der Waals surface area contributed by atoms with Crippen molar-refractivity contribution in [2.24, 2.45) is 7.05 Å². The summed E-state index contributed by atoms with van der Waals surface area (Å²) in [5.74, 6) is -0.260. The molecular weight excluding hydrogens is 455 g/mol. The van der Waals surface area contributed by atoms with Gasteiger partial charge in [0.05, 0.1) is 17.4 Å². The van der Waals surface area contributed by atoms with E-state index in [9.17, 15) is 14.0 Å². The molecular formula is C24H27FN6O2S. The van der Waals surface area contributed by atoms with Crippen molar-refractivity contribution in [2.75, 3.05) is 36.8 Å². The van der Waals surface area contributed by atoms with E-state index in [-0.39, 0.29) is 17.2 Å². The standard InChI is InChI=1S/C24H27FN6O2S/c1-17(26-23(33)19-10-6-7-11-20(19)25)22-27-28-24(29(22)2)34-16-21(32)31-14-12-30(13-15-31)18-8-4-3-5-9-18/h3-11,17H,12-16H2,1-2H3,(H,26,33)/t17-/m1/s1. The van der Waals surface area contributed by atoms with Gasteiger partial charge in [-0.3, -0.25) is 9.59 Å². The molecule has 178 valence electrons. The van der Waals surface area contributed by atoms with E-state index in [0.29, 0.717) is 24.1 Å². The number of rotatable bonds is 7. The zero-order chi connectivity index (χ0) is 24.1. The minimum atomic E-state index is -0.579. The number of para-hydroxylation sites is 1. The van der Waals surface area contributed by atoms with Crippen molar-refractivity contribution in [3.05, 3.63) is 71.8 Å². The molecule has 0 saturated carbocycles. The van der Waals surface area contributed by atoms with E-state index in [1.165, 1.54) is 35.6 Å². The molecule has 1 N–H and O–H groups in total. The summed E-state index contributed by atoms with van der Waals surface area (Å²) in [6.07, 6.45) is 0. The first kappa shape index (κ1) is 23.7. The Hall–Kier alpha value is -3.40. The maximum Gasteiger partial charge on any atom is 0.254 e. The van der Waals surface area contributed by atoms with E-state index in [2.05, 4.69) is 32.5 Å². The molecule has 8 nitrogen and oxygen atoms in total. The van der Waals surface area contributed by atoms with Gasteiger partial charge < -0.3 is 19.7 Å². The minimum absolute atomic E-state index is 0.0240. The van der Waals surface area contributed by atoms with Crippen LogP contribution in [0.4, 0.5) is 10.1 Å². The van der Waals surface area contributed by atoms with Gasteiger partial charge in [0.1, 0.15) is 5.82 Å². The zero-order valence-electron chi connectivity index (χ0n) is 19.1. The summed E-state index contributed by atoms with van der Waals surface area (Å²) in [4.78, 5) is 29.3. The Kier molecular flexibility index (Phi) is 7.46. The van der Waals surface area contributed by atoms with Crippen molar-refractivity contribution in [3.8, 4) is 0 Å². The molecule has 2 heterocycles. The molecule has 0 unspecified atom stereocenters. The van der Waals surface area contributed by atoms with Crippen LogP contribution in [0.1, 0.15) is 29.1 Å². The van der Waals surface area contributed by atoms with Crippen molar-refractivity contribution < 1.29 is 14.0 Å². The summed E-state index contributed by atoms with van der Waals surface area (Å²) in [5, 5.41) is 11.7. The second-order valence-corrected chi connectivity index (χ2v) is 9.01. The molecule has 10 heteroatoms. The quantitative estimate of drug-likeness (QED) is 0.522. The van der Waals surface area contributed by atoms with Gasteiger partial charge in [0.15, 0.2) is 11.0 Å². The third-order valence-corrected chi connectivity index (χ3v) is 6.81. The third kappa shape index (κ3) is 5.39. The number of nitrogens with zero attached hydrogens (tertiary/aromatic N) is 5. The maximum atomic E-state index is 13.9. The molecule has 4 rings (SSSR count). The van der Waals surface area contributed by atoms with Crippen LogP contribution >= 0.6 is 11.8 Å². The lowest BCUT2D eigenvalue weighted by molar-refractivity contribution is -0.128. The van der Waals surface area contributed by atoms with Crippen molar-refractivity contribution in [3.63, 3.8) is 0 Å². The SMILES string of the molecule is C[C@@H](NC(=O)c1ccccc1F)c1nnc(SCC(=O)N2CCN(c3ccccc3)CC2)n1C. The van der Waals surface area contributed by atoms with Gasteiger partial charge in [-0.15, -0.1) is 10.2 Å². The molecule has 1 aliphatic heterocycles. The van der Waals surface area contributed by atoms with Gasteiger partial charge in [-0.05, 0) is 31.2 Å². The van der Waals surface area contributed by atoms with Crippen LogP contribution < -0.4 is 10.2 Å². The Balaban J connectivity index is 1.29. The molecule has 0 radical (unpaired) electrons. The molecule has 2 amide bonds. The van der Waals surface area contributed by atoms with Crippen LogP contribution in [0.5, 0.6) is 0 Å². The van der Waals surface area contributed by atoms with Crippen molar-refractivity contribution in [1.29, 1.82) is 0 Å². The normalized spacial score (nSPS) is 14.7. The summed E-state index contributed by atoms with van der Waals surface area (Å²) in [7, 11) is 1.78. The highest BCUT2D eigenvalue weighted by Crippen LogP contribution is 2.21. The monoisotopic (exact) mass is 482 g/mol. The Morgan fingerprint density at radius 2 is 1.71 bits per heavy atom. The van der Waals surface area contributed by atoms with E-state index in [0.717, 1.165) is 13.1 Å². The number of carbonyl (C=O) groups is 2. The number of thioether (sulfide) groups is 1. The molecule has 0 spiro atoms. The molecule has 1 aromatic heterocycles. The van der Waals surface area contributed by atoms with Gasteiger partial charge in [0.2, 0.25) is 5.91 Å². The molecule has 2 aromatic carbocycles. The van der Waals surface area contributed by atoms with Crippen molar-refractivity contribution >= 4 is 29.3 Å². The van der Waals surface area contributed by atoms with Gasteiger partial charge in [0, 0.05) is 38.9 Å². The first-order chi connectivity index (χ1) is 16.4. The fraction of sp³-hybridized carbons (Fsp3) is 0.333. The van der Waals surface area contributed by atoms with E-state index < -0.39 is 17.8 Å². The Morgan fingerprint density at radius 1 is 1.03 bits per heavy atom. The predicted molar refractivity (Wildman–Crippen MR) is 129 cm³/mol. The van der Waals surface area contributed by atoms with E-state index in [1.807, 2.05) is 23.1 Å². The second-order valence-electron chi connectivity index (χ2n) is 8.07. The van der Waals surface area contributed by atoms with Crippen LogP contribution in [0, 0.1) is 5.82 Å². The molecule has 0 aliphatic carbocycles. The summed E-state index contributed by atoms with van der Waals surface area (Å²) in [6, 6.07) is 15.5. The third-order valence-electron chi connectivity index (χ3n) is 5.80. The molecule has 1 fully saturated rings. The van der Waals surface area contributed by atoms with Crippen LogP contribution in [-0.2, 0) is 11.8 Å². The summed E-state index contributed by atoms with van der Waals surface area (Å²) >= 11 is 1.31. The van der Waals surface area contributed by atoms with E-state index in [1.54, 1.807) is 24.6 Å². The number of hydrogen-bond acceptors (Lipinski definition) is 6. The number of halogens is 1. The van der Waals surface area contributed by atoms with Gasteiger partial charge in [0.25, 0.3) is 5.91 Å². The maximum absolute atomic E-state index is 13.9. The number of anilines is 1. The highest BCUT2D eigenvalue weighted by atomic mass is 32.2. The van der Waals surface area contributed by atoms with Gasteiger partial charge in [-0.1, -0.05) is 42.1 Å². The largest absolute Gasteiger partial charge is 0.368 e. The van der Waals surface area contributed by atoms with E-state index >= 15 is 0 Å². The number of nitrogens with one attached hydrogen (secondary N) is 1. The minimum Gasteiger partial charge on any atom is -0.368 e. The van der Waals surface area contributed by atoms with Gasteiger partial charge >= 0.3 is 0 Å². The molecule has 3 aromatic rings. The Bertz CT molecular complexity index is 1150. The number of benzene rings is 2. The topological polar surface area (TPSA) is 83.4 Å². The first-order valence-electron chi connectivity index (χ1n) is 11.1. The smallest absolute Gasteiger partial charge is 0.254 e. The number of aromatic nitrogens is 3. The first-order valence-corrected chi connectivity index (χ1v) is 12.1. The average Bonchev–Trinajstić information content (AvgIpc) is 3.23. The fourth-order valence-corrected chi connectivity index (χ4v) is 4.70. The van der Waals surface area contributed by atoms with Gasteiger partial charge in [-0.25, -0.2) is 4.39 Å². The number of hydrogen-bond donors (Lipinski definition) is 1. The molecule has 1 saturated heterocycles. The Labute approximate surface area is 202 Å². The average molecular weight is 483 g/mol. The lowest BCUT2D eigenvalue weighted by Gasteiger charge is -2.36. The van der Waals surface area contributed by atoms with Gasteiger partial charge in [-0.2, -0.15) is 0 Å². The highest BCUT2D eigenvalue weighted by molar-refractivity contribution is 7.99. The number of amides is 2. The van der Waals surface area contributed by atoms with E-state index in [4.69, 9.17) is 0 Å². The predicted octanol–water partition coefficient (Wildman–Crippen LogP) is 2.89. The lowest BCUT2D eigenvalue weighted by Crippen LogP contribution is -2.49. The molecule has 0 bridgehead atoms. The van der Waals surface area contributed by atoms with Crippen molar-refractivity contribution in [1.82, 2.24) is 25.0 Å². The summed E-state index contributed by atoms with van der Waals surface area (Å²) in [5.41, 5.74) is 1.15. The molecule has 1 atom stereocenters. The number of carbonyl (C=O) groups excluding carboxylic acids is 2. The molecule has 34 heavy (non-hydrogen) atoms. The summed E-state index contributed by atoms with van der Waals surface area (Å²) < 4.78 is 15.6. The van der Waals surface area contributed by atoms with Crippen LogP contribution in [0.3, 0.4) is 0 Å². The molecule has 1 aliphatic rings. The van der Waals surface area contributed by atoms with Crippen molar-refractivity contribution in [2.45, 2.75) is 18.1 Å². The number of piperazine rings is 1. The zero-order valence-corrected chi connectivity index (χ0v) is 20.0. The van der Waals surface area contributed by atoms with Crippen LogP contribution in [0.25, 0.3) is 0 Å². The van der Waals surface area contributed by atoms with Crippen LogP contribution in [-0.4, -0.2) is 63.4 Å².